The Morgan fingerprint density at radius 2 is 1.85 bits per heavy atom. The summed E-state index contributed by atoms with van der Waals surface area (Å²) >= 11 is 0. The number of fused-ring (bicyclic) bond motifs is 2. The number of rotatable bonds is 2. The second kappa shape index (κ2) is 4.40. The number of H-pyrrole nitrogens is 1. The van der Waals surface area contributed by atoms with Gasteiger partial charge in [0.2, 0.25) is 0 Å². The topological polar surface area (TPSA) is 47.1 Å². The lowest BCUT2D eigenvalue weighted by atomic mass is 9.83. The molecule has 0 atom stereocenters. The zero-order valence-corrected chi connectivity index (χ0v) is 11.9. The molecule has 2 heterocycles. The van der Waals surface area contributed by atoms with E-state index in [4.69, 9.17) is 14.5 Å². The van der Waals surface area contributed by atoms with Crippen molar-refractivity contribution in [3.63, 3.8) is 0 Å². The standard InChI is InChI=1S/C16H20N2O2/c1-2-16(5-3-4-6-16)15-17-11-9-13-14(10-12(11)18-15)20-8-7-19-13/h9-10H,2-8H2,1H3,(H,17,18). The first kappa shape index (κ1) is 12.1. The fourth-order valence-corrected chi connectivity index (χ4v) is 3.61. The summed E-state index contributed by atoms with van der Waals surface area (Å²) in [5, 5.41) is 0. The Bertz CT molecular complexity index is 598. The van der Waals surface area contributed by atoms with Crippen molar-refractivity contribution in [1.82, 2.24) is 9.97 Å². The number of imidazole rings is 1. The number of benzene rings is 1. The van der Waals surface area contributed by atoms with Crippen LogP contribution in [-0.2, 0) is 5.41 Å². The molecule has 0 spiro atoms. The number of aromatic amines is 1. The number of hydrogen-bond donors (Lipinski definition) is 1. The van der Waals surface area contributed by atoms with Crippen LogP contribution in [0, 0.1) is 0 Å². The van der Waals surface area contributed by atoms with Crippen molar-refractivity contribution in [1.29, 1.82) is 0 Å². The van der Waals surface area contributed by atoms with Gasteiger partial charge in [-0.05, 0) is 19.3 Å². The Hall–Kier alpha value is -1.71. The van der Waals surface area contributed by atoms with Crippen LogP contribution in [0.25, 0.3) is 11.0 Å². The van der Waals surface area contributed by atoms with Crippen LogP contribution in [0.1, 0.15) is 44.9 Å². The molecule has 0 radical (unpaired) electrons. The van der Waals surface area contributed by atoms with E-state index in [-0.39, 0.29) is 5.41 Å². The smallest absolute Gasteiger partial charge is 0.163 e. The molecular weight excluding hydrogens is 252 g/mol. The largest absolute Gasteiger partial charge is 0.486 e. The average Bonchev–Trinajstić information content (AvgIpc) is 3.11. The van der Waals surface area contributed by atoms with Crippen LogP contribution in [0.4, 0.5) is 0 Å². The number of nitrogens with zero attached hydrogens (tertiary/aromatic N) is 1. The average molecular weight is 272 g/mol. The zero-order chi connectivity index (χ0) is 13.6. The second-order valence-electron chi connectivity index (χ2n) is 5.94. The summed E-state index contributed by atoms with van der Waals surface area (Å²) in [6.45, 7) is 3.52. The summed E-state index contributed by atoms with van der Waals surface area (Å²) in [6, 6.07) is 4.03. The van der Waals surface area contributed by atoms with E-state index in [1.807, 2.05) is 12.1 Å². The van der Waals surface area contributed by atoms with Crippen molar-refractivity contribution in [3.8, 4) is 11.5 Å². The number of hydrogen-bond acceptors (Lipinski definition) is 3. The van der Waals surface area contributed by atoms with Gasteiger partial charge >= 0.3 is 0 Å². The fraction of sp³-hybridized carbons (Fsp3) is 0.562. The molecule has 2 aliphatic rings. The summed E-state index contributed by atoms with van der Waals surface area (Å²) in [6.07, 6.45) is 6.27. The molecule has 4 nitrogen and oxygen atoms in total. The summed E-state index contributed by atoms with van der Waals surface area (Å²) in [7, 11) is 0. The first-order valence-corrected chi connectivity index (χ1v) is 7.61. The summed E-state index contributed by atoms with van der Waals surface area (Å²) in [5.41, 5.74) is 2.30. The monoisotopic (exact) mass is 272 g/mol. The van der Waals surface area contributed by atoms with E-state index in [9.17, 15) is 0 Å². The SMILES string of the molecule is CCC1(c2nc3cc4c(cc3[nH]2)OCCO4)CCCC1. The molecule has 1 aliphatic carbocycles. The predicted octanol–water partition coefficient (Wildman–Crippen LogP) is 3.56. The van der Waals surface area contributed by atoms with Crippen LogP contribution in [0.2, 0.25) is 0 Å². The Morgan fingerprint density at radius 3 is 2.55 bits per heavy atom. The van der Waals surface area contributed by atoms with Crippen molar-refractivity contribution < 1.29 is 9.47 Å². The Morgan fingerprint density at radius 1 is 1.15 bits per heavy atom. The van der Waals surface area contributed by atoms with Gasteiger partial charge in [-0.3, -0.25) is 0 Å². The molecule has 1 fully saturated rings. The van der Waals surface area contributed by atoms with Gasteiger partial charge in [0.05, 0.1) is 11.0 Å². The Balaban J connectivity index is 1.82. The van der Waals surface area contributed by atoms with Crippen LogP contribution in [0.3, 0.4) is 0 Å². The molecule has 0 bridgehead atoms. The summed E-state index contributed by atoms with van der Waals surface area (Å²) < 4.78 is 11.3. The first-order chi connectivity index (χ1) is 9.81. The molecule has 4 heteroatoms. The molecule has 1 N–H and O–H groups in total. The lowest BCUT2D eigenvalue weighted by Crippen LogP contribution is -2.22. The van der Waals surface area contributed by atoms with E-state index in [1.54, 1.807) is 0 Å². The lowest BCUT2D eigenvalue weighted by Gasteiger charge is -2.24. The third kappa shape index (κ3) is 1.70. The maximum Gasteiger partial charge on any atom is 0.163 e. The van der Waals surface area contributed by atoms with Gasteiger partial charge in [-0.2, -0.15) is 0 Å². The minimum atomic E-state index is 0.251. The molecule has 106 valence electrons. The summed E-state index contributed by atoms with van der Waals surface area (Å²) in [4.78, 5) is 8.39. The molecule has 4 rings (SSSR count). The van der Waals surface area contributed by atoms with Crippen LogP contribution in [0.15, 0.2) is 12.1 Å². The van der Waals surface area contributed by atoms with Gasteiger partial charge in [-0.1, -0.05) is 19.8 Å². The Kier molecular flexibility index (Phi) is 2.65. The molecule has 20 heavy (non-hydrogen) atoms. The molecule has 2 aromatic rings. The molecule has 1 aromatic heterocycles. The molecule has 1 aromatic carbocycles. The highest BCUT2D eigenvalue weighted by molar-refractivity contribution is 5.80. The number of ether oxygens (including phenoxy) is 2. The lowest BCUT2D eigenvalue weighted by molar-refractivity contribution is 0.172. The van der Waals surface area contributed by atoms with Crippen molar-refractivity contribution in [2.45, 2.75) is 44.4 Å². The molecule has 0 amide bonds. The van der Waals surface area contributed by atoms with Crippen molar-refractivity contribution in [3.05, 3.63) is 18.0 Å². The van der Waals surface area contributed by atoms with Gasteiger partial charge in [-0.25, -0.2) is 4.98 Å². The molecule has 0 saturated heterocycles. The number of nitrogens with one attached hydrogen (secondary N) is 1. The molecule has 1 aliphatic heterocycles. The number of aromatic nitrogens is 2. The highest BCUT2D eigenvalue weighted by atomic mass is 16.6. The van der Waals surface area contributed by atoms with E-state index in [0.29, 0.717) is 13.2 Å². The molecule has 0 unspecified atom stereocenters. The van der Waals surface area contributed by atoms with Crippen LogP contribution in [-0.4, -0.2) is 23.2 Å². The molecular formula is C16H20N2O2. The van der Waals surface area contributed by atoms with Gasteiger partial charge < -0.3 is 14.5 Å². The quantitative estimate of drug-likeness (QED) is 0.909. The van der Waals surface area contributed by atoms with E-state index < -0.39 is 0 Å². The van der Waals surface area contributed by atoms with E-state index >= 15 is 0 Å². The normalized spacial score (nSPS) is 20.4. The van der Waals surface area contributed by atoms with E-state index in [1.165, 1.54) is 25.7 Å². The highest BCUT2D eigenvalue weighted by Gasteiger charge is 2.36. The van der Waals surface area contributed by atoms with Gasteiger partial charge in [0, 0.05) is 17.5 Å². The fourth-order valence-electron chi connectivity index (χ4n) is 3.61. The first-order valence-electron chi connectivity index (χ1n) is 7.61. The van der Waals surface area contributed by atoms with Crippen molar-refractivity contribution in [2.24, 2.45) is 0 Å². The van der Waals surface area contributed by atoms with Crippen LogP contribution >= 0.6 is 0 Å². The van der Waals surface area contributed by atoms with E-state index in [0.717, 1.165) is 34.8 Å². The maximum atomic E-state index is 5.64. The van der Waals surface area contributed by atoms with Gasteiger partial charge in [-0.15, -0.1) is 0 Å². The van der Waals surface area contributed by atoms with Crippen LogP contribution < -0.4 is 9.47 Å². The van der Waals surface area contributed by atoms with Crippen LogP contribution in [0.5, 0.6) is 11.5 Å². The van der Waals surface area contributed by atoms with Crippen molar-refractivity contribution >= 4 is 11.0 Å². The molecule has 1 saturated carbocycles. The summed E-state index contributed by atoms with van der Waals surface area (Å²) in [5.74, 6) is 2.80. The predicted molar refractivity (Wildman–Crippen MR) is 77.5 cm³/mol. The van der Waals surface area contributed by atoms with E-state index in [2.05, 4.69) is 11.9 Å². The minimum Gasteiger partial charge on any atom is -0.486 e. The van der Waals surface area contributed by atoms with Gasteiger partial charge in [0.25, 0.3) is 0 Å². The van der Waals surface area contributed by atoms with Crippen molar-refractivity contribution in [2.75, 3.05) is 13.2 Å². The Labute approximate surface area is 118 Å². The van der Waals surface area contributed by atoms with Gasteiger partial charge in [0.15, 0.2) is 11.5 Å². The maximum absolute atomic E-state index is 5.64. The third-order valence-electron chi connectivity index (χ3n) is 4.89. The van der Waals surface area contributed by atoms with Gasteiger partial charge in [0.1, 0.15) is 19.0 Å². The zero-order valence-electron chi connectivity index (χ0n) is 11.9. The highest BCUT2D eigenvalue weighted by Crippen LogP contribution is 2.43. The third-order valence-corrected chi connectivity index (χ3v) is 4.89. The minimum absolute atomic E-state index is 0.251. The second-order valence-corrected chi connectivity index (χ2v) is 5.94.